The van der Waals surface area contributed by atoms with Crippen molar-refractivity contribution in [3.63, 3.8) is 0 Å². The van der Waals surface area contributed by atoms with Crippen LogP contribution in [0.3, 0.4) is 0 Å². The molecule has 0 radical (unpaired) electrons. The van der Waals surface area contributed by atoms with E-state index in [0.717, 1.165) is 5.92 Å². The minimum Gasteiger partial charge on any atom is -0.0845 e. The van der Waals surface area contributed by atoms with Crippen LogP contribution in [-0.2, 0) is 0 Å². The monoisotopic (exact) mass is 122 g/mol. The van der Waals surface area contributed by atoms with Crippen LogP contribution in [0.15, 0.2) is 24.3 Å². The second-order valence-corrected chi connectivity index (χ2v) is 2.72. The molecule has 0 aromatic carbocycles. The highest BCUT2D eigenvalue weighted by Gasteiger charge is 1.95. The molecule has 1 rings (SSSR count). The Hall–Kier alpha value is -0.520. The highest BCUT2D eigenvalue weighted by Crippen LogP contribution is 2.11. The van der Waals surface area contributed by atoms with Gasteiger partial charge >= 0.3 is 0 Å². The molecule has 1 atom stereocenters. The Morgan fingerprint density at radius 2 is 2.22 bits per heavy atom. The van der Waals surface area contributed by atoms with Crippen molar-refractivity contribution >= 4 is 0 Å². The van der Waals surface area contributed by atoms with Gasteiger partial charge in [-0.25, -0.2) is 0 Å². The normalized spacial score (nSPS) is 34.6. The van der Waals surface area contributed by atoms with E-state index in [1.165, 1.54) is 19.3 Å². The fourth-order valence-electron chi connectivity index (χ4n) is 1.08. The van der Waals surface area contributed by atoms with Crippen molar-refractivity contribution in [3.05, 3.63) is 24.3 Å². The fourth-order valence-corrected chi connectivity index (χ4v) is 1.08. The molecule has 0 saturated heterocycles. The SMILES string of the molecule is CC1/C=C\C=C/CCC1. The van der Waals surface area contributed by atoms with Crippen LogP contribution in [0.5, 0.6) is 0 Å². The van der Waals surface area contributed by atoms with Gasteiger partial charge in [0.25, 0.3) is 0 Å². The Kier molecular flexibility index (Phi) is 2.56. The molecule has 0 aromatic rings. The zero-order chi connectivity index (χ0) is 6.53. The molecule has 0 N–H and O–H groups in total. The Balaban J connectivity index is 2.44. The molecule has 0 saturated carbocycles. The summed E-state index contributed by atoms with van der Waals surface area (Å²) in [6.07, 6.45) is 12.8. The second-order valence-electron chi connectivity index (χ2n) is 2.72. The largest absolute Gasteiger partial charge is 0.0845 e. The molecule has 0 nitrogen and oxygen atoms in total. The van der Waals surface area contributed by atoms with E-state index < -0.39 is 0 Å². The third-order valence-corrected chi connectivity index (χ3v) is 1.72. The predicted octanol–water partition coefficient (Wildman–Crippen LogP) is 2.92. The Bertz CT molecular complexity index is 120. The molecule has 0 heteroatoms. The van der Waals surface area contributed by atoms with E-state index in [2.05, 4.69) is 31.2 Å². The van der Waals surface area contributed by atoms with E-state index in [0.29, 0.717) is 0 Å². The summed E-state index contributed by atoms with van der Waals surface area (Å²) >= 11 is 0. The van der Waals surface area contributed by atoms with Crippen molar-refractivity contribution in [2.45, 2.75) is 26.2 Å². The molecule has 1 unspecified atom stereocenters. The van der Waals surface area contributed by atoms with Crippen molar-refractivity contribution in [1.29, 1.82) is 0 Å². The molecule has 0 amide bonds. The molecule has 9 heavy (non-hydrogen) atoms. The summed E-state index contributed by atoms with van der Waals surface area (Å²) in [6, 6.07) is 0. The van der Waals surface area contributed by atoms with Crippen LogP contribution in [-0.4, -0.2) is 0 Å². The van der Waals surface area contributed by atoms with Gasteiger partial charge in [0.05, 0.1) is 0 Å². The van der Waals surface area contributed by atoms with Crippen LogP contribution in [0.4, 0.5) is 0 Å². The summed E-state index contributed by atoms with van der Waals surface area (Å²) in [7, 11) is 0. The average molecular weight is 122 g/mol. The van der Waals surface area contributed by atoms with E-state index in [1.807, 2.05) is 0 Å². The van der Waals surface area contributed by atoms with Crippen LogP contribution in [0.2, 0.25) is 0 Å². The summed E-state index contributed by atoms with van der Waals surface area (Å²) in [6.45, 7) is 2.27. The lowest BCUT2D eigenvalue weighted by molar-refractivity contribution is 0.609. The summed E-state index contributed by atoms with van der Waals surface area (Å²) in [5, 5.41) is 0. The first-order chi connectivity index (χ1) is 4.39. The lowest BCUT2D eigenvalue weighted by Gasteiger charge is -2.04. The van der Waals surface area contributed by atoms with Gasteiger partial charge in [0.15, 0.2) is 0 Å². The highest BCUT2D eigenvalue weighted by atomic mass is 14.0. The third kappa shape index (κ3) is 2.50. The lowest BCUT2D eigenvalue weighted by atomic mass is 10.0. The molecule has 1 aliphatic carbocycles. The molecule has 0 bridgehead atoms. The first-order valence-corrected chi connectivity index (χ1v) is 3.73. The van der Waals surface area contributed by atoms with Crippen molar-refractivity contribution in [2.75, 3.05) is 0 Å². The van der Waals surface area contributed by atoms with Gasteiger partial charge in [-0.2, -0.15) is 0 Å². The molecular formula is C9H14. The van der Waals surface area contributed by atoms with Gasteiger partial charge in [0.1, 0.15) is 0 Å². The number of hydrogen-bond donors (Lipinski definition) is 0. The van der Waals surface area contributed by atoms with Gasteiger partial charge in [0, 0.05) is 0 Å². The highest BCUT2D eigenvalue weighted by molar-refractivity contribution is 5.05. The van der Waals surface area contributed by atoms with E-state index in [-0.39, 0.29) is 0 Å². The van der Waals surface area contributed by atoms with Crippen LogP contribution in [0.25, 0.3) is 0 Å². The molecule has 0 aromatic heterocycles. The van der Waals surface area contributed by atoms with E-state index >= 15 is 0 Å². The molecule has 0 heterocycles. The number of rotatable bonds is 0. The zero-order valence-corrected chi connectivity index (χ0v) is 6.01. The molecule has 50 valence electrons. The maximum Gasteiger partial charge on any atom is -0.0259 e. The maximum atomic E-state index is 2.27. The van der Waals surface area contributed by atoms with Gasteiger partial charge in [-0.15, -0.1) is 0 Å². The fraction of sp³-hybridized carbons (Fsp3) is 0.556. The predicted molar refractivity (Wildman–Crippen MR) is 41.3 cm³/mol. The van der Waals surface area contributed by atoms with Gasteiger partial charge in [-0.05, 0) is 25.2 Å². The molecular weight excluding hydrogens is 108 g/mol. The third-order valence-electron chi connectivity index (χ3n) is 1.72. The molecule has 0 spiro atoms. The summed E-state index contributed by atoms with van der Waals surface area (Å²) in [4.78, 5) is 0. The van der Waals surface area contributed by atoms with Crippen LogP contribution >= 0.6 is 0 Å². The average Bonchev–Trinajstić information content (AvgIpc) is 1.79. The minimum atomic E-state index is 0.787. The second kappa shape index (κ2) is 3.49. The van der Waals surface area contributed by atoms with Crippen molar-refractivity contribution in [2.24, 2.45) is 5.92 Å². The van der Waals surface area contributed by atoms with Crippen molar-refractivity contribution in [3.8, 4) is 0 Å². The quantitative estimate of drug-likeness (QED) is 0.463. The standard InChI is InChI=1S/C9H14/c1-9-7-5-3-2-4-6-8-9/h2-3,5,7,9H,4,6,8H2,1H3/b3-2-,7-5-. The van der Waals surface area contributed by atoms with Crippen molar-refractivity contribution < 1.29 is 0 Å². The van der Waals surface area contributed by atoms with E-state index in [4.69, 9.17) is 0 Å². The Morgan fingerprint density at radius 3 is 3.11 bits per heavy atom. The van der Waals surface area contributed by atoms with E-state index in [9.17, 15) is 0 Å². The minimum absolute atomic E-state index is 0.787. The summed E-state index contributed by atoms with van der Waals surface area (Å²) in [5.41, 5.74) is 0. The van der Waals surface area contributed by atoms with Crippen LogP contribution in [0, 0.1) is 5.92 Å². The smallest absolute Gasteiger partial charge is 0.0259 e. The topological polar surface area (TPSA) is 0 Å². The van der Waals surface area contributed by atoms with Crippen LogP contribution in [0.1, 0.15) is 26.2 Å². The first kappa shape index (κ1) is 6.60. The Labute approximate surface area is 57.3 Å². The van der Waals surface area contributed by atoms with Crippen molar-refractivity contribution in [1.82, 2.24) is 0 Å². The molecule has 0 fully saturated rings. The summed E-state index contributed by atoms with van der Waals surface area (Å²) in [5.74, 6) is 0.787. The molecule has 0 aliphatic heterocycles. The first-order valence-electron chi connectivity index (χ1n) is 3.73. The number of hydrogen-bond acceptors (Lipinski definition) is 0. The van der Waals surface area contributed by atoms with Crippen LogP contribution < -0.4 is 0 Å². The van der Waals surface area contributed by atoms with Gasteiger partial charge in [0.2, 0.25) is 0 Å². The zero-order valence-electron chi connectivity index (χ0n) is 6.01. The van der Waals surface area contributed by atoms with Gasteiger partial charge in [-0.3, -0.25) is 0 Å². The van der Waals surface area contributed by atoms with Gasteiger partial charge < -0.3 is 0 Å². The lowest BCUT2D eigenvalue weighted by Crippen LogP contribution is -1.89. The Morgan fingerprint density at radius 1 is 1.33 bits per heavy atom. The summed E-state index contributed by atoms with van der Waals surface area (Å²) < 4.78 is 0. The maximum absolute atomic E-state index is 2.27. The van der Waals surface area contributed by atoms with Gasteiger partial charge in [-0.1, -0.05) is 31.2 Å². The number of allylic oxidation sites excluding steroid dienone is 4. The molecule has 1 aliphatic rings. The van der Waals surface area contributed by atoms with E-state index in [1.54, 1.807) is 0 Å².